The number of aryl methyl sites for hydroxylation is 2. The van der Waals surface area contributed by atoms with Crippen LogP contribution in [0.3, 0.4) is 0 Å². The van der Waals surface area contributed by atoms with Gasteiger partial charge in [0.25, 0.3) is 0 Å². The highest BCUT2D eigenvalue weighted by atomic mass is 79.9. The first kappa shape index (κ1) is 18.2. The molecule has 0 unspecified atom stereocenters. The quantitative estimate of drug-likeness (QED) is 0.839. The number of rotatable bonds is 5. The van der Waals surface area contributed by atoms with Crippen molar-refractivity contribution in [3.8, 4) is 0 Å². The number of halogens is 1. The van der Waals surface area contributed by atoms with E-state index >= 15 is 0 Å². The van der Waals surface area contributed by atoms with Gasteiger partial charge < -0.3 is 10.2 Å². The highest BCUT2D eigenvalue weighted by molar-refractivity contribution is 9.10. The van der Waals surface area contributed by atoms with Crippen LogP contribution >= 0.6 is 15.9 Å². The molecule has 0 atom stereocenters. The van der Waals surface area contributed by atoms with Crippen LogP contribution in [0.5, 0.6) is 0 Å². The van der Waals surface area contributed by atoms with Crippen LogP contribution < -0.4 is 5.32 Å². The average Bonchev–Trinajstić information content (AvgIpc) is 2.51. The van der Waals surface area contributed by atoms with Gasteiger partial charge in [-0.25, -0.2) is 0 Å². The SMILES string of the molecule is CC(=O)N(CC(=O)Nc1ccc(C)cc1Br)Cc1ccccc1C. The van der Waals surface area contributed by atoms with Crippen LogP contribution in [0, 0.1) is 13.8 Å². The van der Waals surface area contributed by atoms with Crippen molar-refractivity contribution in [2.75, 3.05) is 11.9 Å². The molecule has 0 bridgehead atoms. The Hall–Kier alpha value is -2.14. The lowest BCUT2D eigenvalue weighted by atomic mass is 10.1. The van der Waals surface area contributed by atoms with Crippen molar-refractivity contribution >= 4 is 33.4 Å². The van der Waals surface area contributed by atoms with Gasteiger partial charge in [0, 0.05) is 17.9 Å². The molecule has 0 spiro atoms. The lowest BCUT2D eigenvalue weighted by molar-refractivity contribution is -0.133. The second-order valence-electron chi connectivity index (χ2n) is 5.83. The third kappa shape index (κ3) is 4.93. The molecule has 24 heavy (non-hydrogen) atoms. The van der Waals surface area contributed by atoms with E-state index in [1.165, 1.54) is 6.92 Å². The van der Waals surface area contributed by atoms with Gasteiger partial charge in [-0.2, -0.15) is 0 Å². The molecule has 0 radical (unpaired) electrons. The van der Waals surface area contributed by atoms with Gasteiger partial charge in [0.1, 0.15) is 6.54 Å². The zero-order valence-corrected chi connectivity index (χ0v) is 15.7. The van der Waals surface area contributed by atoms with Gasteiger partial charge in [0.15, 0.2) is 0 Å². The van der Waals surface area contributed by atoms with E-state index < -0.39 is 0 Å². The van der Waals surface area contributed by atoms with Crippen LogP contribution in [0.15, 0.2) is 46.9 Å². The van der Waals surface area contributed by atoms with Crippen LogP contribution in [-0.4, -0.2) is 23.3 Å². The Labute approximate surface area is 151 Å². The summed E-state index contributed by atoms with van der Waals surface area (Å²) in [7, 11) is 0. The highest BCUT2D eigenvalue weighted by Gasteiger charge is 2.15. The molecule has 0 aromatic heterocycles. The van der Waals surface area contributed by atoms with Crippen molar-refractivity contribution in [2.45, 2.75) is 27.3 Å². The summed E-state index contributed by atoms with van der Waals surface area (Å²) in [5.74, 6) is -0.347. The third-order valence-corrected chi connectivity index (χ3v) is 4.46. The van der Waals surface area contributed by atoms with E-state index in [1.54, 1.807) is 4.90 Å². The molecular formula is C19H21BrN2O2. The number of hydrogen-bond acceptors (Lipinski definition) is 2. The predicted octanol–water partition coefficient (Wildman–Crippen LogP) is 4.05. The molecule has 5 heteroatoms. The smallest absolute Gasteiger partial charge is 0.244 e. The summed E-state index contributed by atoms with van der Waals surface area (Å²) in [6, 6.07) is 13.6. The van der Waals surface area contributed by atoms with Gasteiger partial charge in [-0.1, -0.05) is 30.3 Å². The average molecular weight is 389 g/mol. The zero-order valence-electron chi connectivity index (χ0n) is 14.1. The summed E-state index contributed by atoms with van der Waals surface area (Å²) in [4.78, 5) is 25.8. The molecule has 2 aromatic carbocycles. The number of nitrogens with one attached hydrogen (secondary N) is 1. The first-order valence-corrected chi connectivity index (χ1v) is 8.52. The van der Waals surface area contributed by atoms with E-state index in [9.17, 15) is 9.59 Å². The summed E-state index contributed by atoms with van der Waals surface area (Å²) >= 11 is 3.44. The highest BCUT2D eigenvalue weighted by Crippen LogP contribution is 2.23. The van der Waals surface area contributed by atoms with Gasteiger partial charge in [0.05, 0.1) is 5.69 Å². The number of carbonyl (C=O) groups is 2. The fourth-order valence-corrected chi connectivity index (χ4v) is 2.95. The molecule has 0 aliphatic heterocycles. The van der Waals surface area contributed by atoms with Gasteiger partial charge in [0.2, 0.25) is 11.8 Å². The van der Waals surface area contributed by atoms with E-state index in [-0.39, 0.29) is 18.4 Å². The predicted molar refractivity (Wildman–Crippen MR) is 99.8 cm³/mol. The van der Waals surface area contributed by atoms with Crippen molar-refractivity contribution < 1.29 is 9.59 Å². The zero-order chi connectivity index (χ0) is 17.7. The summed E-state index contributed by atoms with van der Waals surface area (Å²) < 4.78 is 0.823. The van der Waals surface area contributed by atoms with Gasteiger partial charge in [-0.15, -0.1) is 0 Å². The third-order valence-electron chi connectivity index (χ3n) is 3.80. The Kier molecular flexibility index (Phi) is 6.15. The molecule has 0 aliphatic rings. The van der Waals surface area contributed by atoms with Crippen LogP contribution in [0.2, 0.25) is 0 Å². The molecule has 1 N–H and O–H groups in total. The Morgan fingerprint density at radius 1 is 1.12 bits per heavy atom. The van der Waals surface area contributed by atoms with Crippen LogP contribution in [0.1, 0.15) is 23.6 Å². The van der Waals surface area contributed by atoms with Crippen molar-refractivity contribution in [1.29, 1.82) is 0 Å². The van der Waals surface area contributed by atoms with Crippen LogP contribution in [0.25, 0.3) is 0 Å². The molecule has 2 aromatic rings. The number of amides is 2. The Morgan fingerprint density at radius 2 is 1.83 bits per heavy atom. The van der Waals surface area contributed by atoms with Crippen LogP contribution in [0.4, 0.5) is 5.69 Å². The number of anilines is 1. The lowest BCUT2D eigenvalue weighted by Crippen LogP contribution is -2.36. The molecule has 2 amide bonds. The summed E-state index contributed by atoms with van der Waals surface area (Å²) in [5.41, 5.74) is 3.94. The maximum Gasteiger partial charge on any atom is 0.244 e. The molecule has 4 nitrogen and oxygen atoms in total. The fraction of sp³-hybridized carbons (Fsp3) is 0.263. The molecule has 126 valence electrons. The first-order chi connectivity index (χ1) is 11.4. The number of nitrogens with zero attached hydrogens (tertiary/aromatic N) is 1. The first-order valence-electron chi connectivity index (χ1n) is 7.73. The maximum absolute atomic E-state index is 12.3. The molecule has 0 fully saturated rings. The Bertz CT molecular complexity index is 759. The second kappa shape index (κ2) is 8.11. The molecule has 0 heterocycles. The standard InChI is InChI=1S/C19H21BrN2O2/c1-13-8-9-18(17(20)10-13)21-19(24)12-22(15(3)23)11-16-7-5-4-6-14(16)2/h4-10H,11-12H2,1-3H3,(H,21,24). The number of hydrogen-bond donors (Lipinski definition) is 1. The topological polar surface area (TPSA) is 49.4 Å². The monoisotopic (exact) mass is 388 g/mol. The maximum atomic E-state index is 12.3. The minimum atomic E-state index is -0.219. The van der Waals surface area contributed by atoms with Crippen molar-refractivity contribution in [3.63, 3.8) is 0 Å². The molecule has 0 saturated heterocycles. The van der Waals surface area contributed by atoms with Crippen molar-refractivity contribution in [1.82, 2.24) is 4.90 Å². The van der Waals surface area contributed by atoms with Crippen molar-refractivity contribution in [2.24, 2.45) is 0 Å². The molecule has 0 saturated carbocycles. The number of carbonyl (C=O) groups excluding carboxylic acids is 2. The Balaban J connectivity index is 2.06. The lowest BCUT2D eigenvalue weighted by Gasteiger charge is -2.22. The van der Waals surface area contributed by atoms with E-state index in [4.69, 9.17) is 0 Å². The second-order valence-corrected chi connectivity index (χ2v) is 6.69. The van der Waals surface area contributed by atoms with Gasteiger partial charge >= 0.3 is 0 Å². The summed E-state index contributed by atoms with van der Waals surface area (Å²) in [5, 5.41) is 2.84. The number of benzene rings is 2. The molecular weight excluding hydrogens is 368 g/mol. The summed E-state index contributed by atoms with van der Waals surface area (Å²) in [6.07, 6.45) is 0. The largest absolute Gasteiger partial charge is 0.329 e. The molecule has 2 rings (SSSR count). The minimum absolute atomic E-state index is 0.0178. The van der Waals surface area contributed by atoms with Gasteiger partial charge in [-0.3, -0.25) is 9.59 Å². The fourth-order valence-electron chi connectivity index (χ4n) is 2.36. The van der Waals surface area contributed by atoms with Gasteiger partial charge in [-0.05, 0) is 58.6 Å². The normalized spacial score (nSPS) is 10.3. The molecule has 0 aliphatic carbocycles. The Morgan fingerprint density at radius 3 is 2.46 bits per heavy atom. The van der Waals surface area contributed by atoms with Crippen molar-refractivity contribution in [3.05, 3.63) is 63.6 Å². The van der Waals surface area contributed by atoms with Crippen LogP contribution in [-0.2, 0) is 16.1 Å². The van der Waals surface area contributed by atoms with E-state index in [0.717, 1.165) is 21.2 Å². The van der Waals surface area contributed by atoms with E-state index in [0.29, 0.717) is 12.2 Å². The van der Waals surface area contributed by atoms with E-state index in [2.05, 4.69) is 21.2 Å². The summed E-state index contributed by atoms with van der Waals surface area (Å²) in [6.45, 7) is 5.90. The minimum Gasteiger partial charge on any atom is -0.329 e. The van der Waals surface area contributed by atoms with E-state index in [1.807, 2.05) is 56.3 Å².